The normalized spacial score (nSPS) is 26.8. The maximum absolute atomic E-state index is 13.4. The smallest absolute Gasteiger partial charge is 0.207 e. The number of fused-ring (bicyclic) bond motifs is 1. The molecule has 0 nitrogen and oxygen atoms in total. The summed E-state index contributed by atoms with van der Waals surface area (Å²) in [6.07, 6.45) is 1.52. The minimum absolute atomic E-state index is 0.0127. The molecule has 0 saturated heterocycles. The summed E-state index contributed by atoms with van der Waals surface area (Å²) in [4.78, 5) is 0.300. The molecule has 0 aromatic heterocycles. The van der Waals surface area contributed by atoms with Crippen molar-refractivity contribution in [3.63, 3.8) is 0 Å². The Kier molecular flexibility index (Phi) is 3.30. The van der Waals surface area contributed by atoms with Crippen LogP contribution in [0.25, 0.3) is 6.08 Å². The lowest BCUT2D eigenvalue weighted by Crippen LogP contribution is -2.17. The van der Waals surface area contributed by atoms with Crippen molar-refractivity contribution in [1.82, 2.24) is 0 Å². The number of hydrogen-bond acceptors (Lipinski definition) is 0. The Hall–Kier alpha value is -0.490. The zero-order valence-corrected chi connectivity index (χ0v) is 12.1. The number of halogens is 5. The summed E-state index contributed by atoms with van der Waals surface area (Å²) in [6, 6.07) is 3.56. The van der Waals surface area contributed by atoms with E-state index in [0.29, 0.717) is 5.56 Å². The van der Waals surface area contributed by atoms with Crippen molar-refractivity contribution in [3.8, 4) is 0 Å². The van der Waals surface area contributed by atoms with Crippen molar-refractivity contribution in [3.05, 3.63) is 34.5 Å². The second-order valence-electron chi connectivity index (χ2n) is 4.37. The van der Waals surface area contributed by atoms with Crippen LogP contribution in [0.2, 0.25) is 0 Å². The van der Waals surface area contributed by atoms with E-state index < -0.39 is 19.8 Å². The molecule has 0 saturated carbocycles. The van der Waals surface area contributed by atoms with Gasteiger partial charge in [0.05, 0.1) is 0 Å². The van der Waals surface area contributed by atoms with E-state index in [0.717, 1.165) is 6.07 Å². The Morgan fingerprint density at radius 1 is 1.22 bits per heavy atom. The van der Waals surface area contributed by atoms with Gasteiger partial charge in [-0.2, -0.15) is 13.2 Å². The molecule has 1 unspecified atom stereocenters. The molecule has 0 spiro atoms. The van der Waals surface area contributed by atoms with Crippen LogP contribution in [-0.2, 0) is 0 Å². The summed E-state index contributed by atoms with van der Waals surface area (Å²) in [7, 11) is -3.31. The predicted octanol–water partition coefficient (Wildman–Crippen LogP) is 5.83. The Labute approximate surface area is 112 Å². The molecule has 1 atom stereocenters. The summed E-state index contributed by atoms with van der Waals surface area (Å²) in [5.74, 6) is -0.899. The van der Waals surface area contributed by atoms with Gasteiger partial charge in [0.1, 0.15) is 5.82 Å². The van der Waals surface area contributed by atoms with Gasteiger partial charge in [-0.15, -0.1) is 0 Å². The van der Waals surface area contributed by atoms with E-state index in [1.807, 2.05) is 0 Å². The molecule has 100 valence electrons. The van der Waals surface area contributed by atoms with E-state index >= 15 is 0 Å². The Balaban J connectivity index is 2.70. The van der Waals surface area contributed by atoms with Gasteiger partial charge in [0.15, 0.2) is 0 Å². The number of allylic oxidation sites excluding steroid dienone is 1. The Bertz CT molecular complexity index is 521. The molecule has 0 fully saturated rings. The fourth-order valence-corrected chi connectivity index (χ4v) is 6.66. The molecule has 1 aliphatic heterocycles. The van der Waals surface area contributed by atoms with Crippen molar-refractivity contribution < 1.29 is 17.6 Å². The van der Waals surface area contributed by atoms with Crippen LogP contribution in [0, 0.1) is 11.7 Å². The van der Waals surface area contributed by atoms with Gasteiger partial charge < -0.3 is 0 Å². The number of benzene rings is 1. The van der Waals surface area contributed by atoms with Crippen LogP contribution in [0.1, 0.15) is 19.4 Å². The molecule has 1 heterocycles. The first-order valence-electron chi connectivity index (χ1n) is 5.28. The van der Waals surface area contributed by atoms with Crippen LogP contribution in [0.15, 0.2) is 28.0 Å². The summed E-state index contributed by atoms with van der Waals surface area (Å²) < 4.78 is 53.4. The van der Waals surface area contributed by atoms with Gasteiger partial charge in [0, 0.05) is 4.90 Å². The van der Waals surface area contributed by atoms with E-state index in [4.69, 9.17) is 0 Å². The largest absolute Gasteiger partial charge is 0.442 e. The van der Waals surface area contributed by atoms with Crippen LogP contribution in [0.4, 0.5) is 17.6 Å². The maximum Gasteiger partial charge on any atom is 0.442 e. The number of hydrogen-bond donors (Lipinski definition) is 0. The topological polar surface area (TPSA) is 0 Å². The highest BCUT2D eigenvalue weighted by molar-refractivity contribution is 9.59. The van der Waals surface area contributed by atoms with E-state index in [-0.39, 0.29) is 15.7 Å². The molecular formula is C12H11BrF4S. The molecule has 0 amide bonds. The van der Waals surface area contributed by atoms with E-state index in [1.54, 1.807) is 13.8 Å². The van der Waals surface area contributed by atoms with Crippen LogP contribution in [0.3, 0.4) is 0 Å². The third kappa shape index (κ3) is 1.90. The van der Waals surface area contributed by atoms with Gasteiger partial charge in [0.25, 0.3) is 0 Å². The molecule has 0 radical (unpaired) electrons. The first kappa shape index (κ1) is 13.9. The molecule has 0 N–H and O–H groups in total. The minimum Gasteiger partial charge on any atom is -0.207 e. The average Bonchev–Trinajstić information content (AvgIpc) is 2.53. The molecule has 1 aliphatic rings. The fourth-order valence-electron chi connectivity index (χ4n) is 1.98. The number of alkyl halides is 3. The highest BCUT2D eigenvalue weighted by Gasteiger charge is 2.55. The average molecular weight is 343 g/mol. The lowest BCUT2D eigenvalue weighted by molar-refractivity contribution is -0.0356. The molecule has 1 aromatic rings. The molecule has 6 heteroatoms. The van der Waals surface area contributed by atoms with Crippen LogP contribution in [0.5, 0.6) is 0 Å². The van der Waals surface area contributed by atoms with Crippen molar-refractivity contribution in [2.24, 2.45) is 5.92 Å². The van der Waals surface area contributed by atoms with E-state index in [1.165, 1.54) is 18.2 Å². The minimum atomic E-state index is -4.43. The van der Waals surface area contributed by atoms with Crippen LogP contribution >= 0.6 is 23.3 Å². The first-order chi connectivity index (χ1) is 8.18. The summed E-state index contributed by atoms with van der Waals surface area (Å²) in [5.41, 5.74) is -3.98. The van der Waals surface area contributed by atoms with Crippen molar-refractivity contribution in [1.29, 1.82) is 0 Å². The standard InChI is InChI=1S/C12H11BrF4S/c1-7(2)10-5-8-3-4-9(14)6-11(8)18(10,13)12(15,16)17/h3-7H,1-2H3. The second-order valence-corrected chi connectivity index (χ2v) is 9.73. The van der Waals surface area contributed by atoms with Gasteiger partial charge in [-0.05, 0) is 57.9 Å². The van der Waals surface area contributed by atoms with Crippen molar-refractivity contribution in [2.45, 2.75) is 24.3 Å². The van der Waals surface area contributed by atoms with Gasteiger partial charge in [-0.1, -0.05) is 19.9 Å². The molecule has 18 heavy (non-hydrogen) atoms. The van der Waals surface area contributed by atoms with Gasteiger partial charge in [-0.25, -0.2) is 4.39 Å². The molecule has 1 aromatic carbocycles. The predicted molar refractivity (Wildman–Crippen MR) is 70.1 cm³/mol. The van der Waals surface area contributed by atoms with E-state index in [2.05, 4.69) is 14.8 Å². The first-order valence-corrected chi connectivity index (χ1v) is 8.76. The molecule has 2 rings (SSSR count). The lowest BCUT2D eigenvalue weighted by atomic mass is 10.1. The van der Waals surface area contributed by atoms with Crippen molar-refractivity contribution >= 4 is 29.4 Å². The molecule has 0 bridgehead atoms. The van der Waals surface area contributed by atoms with Crippen LogP contribution < -0.4 is 0 Å². The number of rotatable bonds is 1. The SMILES string of the molecule is CC(C)C1=Cc2ccc(F)cc2S1(Br)C(F)(F)F. The van der Waals surface area contributed by atoms with Gasteiger partial charge in [-0.3, -0.25) is 0 Å². The molecular weight excluding hydrogens is 332 g/mol. The monoisotopic (exact) mass is 342 g/mol. The summed E-state index contributed by atoms with van der Waals surface area (Å²) in [6.45, 7) is 3.42. The van der Waals surface area contributed by atoms with Crippen LogP contribution in [-0.4, -0.2) is 5.51 Å². The van der Waals surface area contributed by atoms with Crippen molar-refractivity contribution in [2.75, 3.05) is 0 Å². The Morgan fingerprint density at radius 2 is 1.83 bits per heavy atom. The van der Waals surface area contributed by atoms with Gasteiger partial charge >= 0.3 is 5.51 Å². The highest BCUT2D eigenvalue weighted by Crippen LogP contribution is 2.82. The summed E-state index contributed by atoms with van der Waals surface area (Å²) in [5, 5.41) is 0. The zero-order valence-electron chi connectivity index (χ0n) is 9.68. The zero-order chi connectivity index (χ0) is 13.7. The highest BCUT2D eigenvalue weighted by atomic mass is 79.9. The summed E-state index contributed by atoms with van der Waals surface area (Å²) >= 11 is 2.89. The second kappa shape index (κ2) is 4.27. The third-order valence-electron chi connectivity index (χ3n) is 2.79. The van der Waals surface area contributed by atoms with Gasteiger partial charge in [0.2, 0.25) is 0 Å². The fraction of sp³-hybridized carbons (Fsp3) is 0.333. The lowest BCUT2D eigenvalue weighted by Gasteiger charge is -2.36. The quantitative estimate of drug-likeness (QED) is 0.563. The Morgan fingerprint density at radius 3 is 2.33 bits per heavy atom. The van der Waals surface area contributed by atoms with E-state index in [9.17, 15) is 17.6 Å². The maximum atomic E-state index is 13.4. The third-order valence-corrected chi connectivity index (χ3v) is 8.89. The molecule has 0 aliphatic carbocycles.